The van der Waals surface area contributed by atoms with Crippen molar-refractivity contribution in [3.8, 4) is 17.6 Å². The molecule has 0 aliphatic rings. The monoisotopic (exact) mass is 232 g/mol. The number of primary amides is 1. The first-order chi connectivity index (χ1) is 8.17. The normalized spacial score (nSPS) is 9.88. The zero-order chi connectivity index (χ0) is 12.7. The lowest BCUT2D eigenvalue weighted by Gasteiger charge is -2.09. The Hall–Kier alpha value is -2.48. The van der Waals surface area contributed by atoms with Crippen LogP contribution in [0.4, 0.5) is 0 Å². The minimum atomic E-state index is -0.555. The average molecular weight is 232 g/mol. The van der Waals surface area contributed by atoms with Crippen molar-refractivity contribution in [2.45, 2.75) is 0 Å². The van der Waals surface area contributed by atoms with Crippen molar-refractivity contribution in [3.05, 3.63) is 29.8 Å². The summed E-state index contributed by atoms with van der Waals surface area (Å²) < 4.78 is 10.3. The van der Waals surface area contributed by atoms with Crippen LogP contribution in [0.5, 0.6) is 11.5 Å². The van der Waals surface area contributed by atoms with E-state index in [1.54, 1.807) is 24.3 Å². The number of nitrogens with zero attached hydrogens (tertiary/aromatic N) is 1. The molecule has 5 nitrogen and oxygen atoms in total. The quantitative estimate of drug-likeness (QED) is 0.770. The van der Waals surface area contributed by atoms with Crippen LogP contribution in [0.1, 0.15) is 5.56 Å². The zero-order valence-electron chi connectivity index (χ0n) is 9.34. The van der Waals surface area contributed by atoms with E-state index in [9.17, 15) is 4.79 Å². The summed E-state index contributed by atoms with van der Waals surface area (Å²) >= 11 is 0. The molecular formula is C12H12N2O3. The number of nitrogens with two attached hydrogens (primary N) is 1. The van der Waals surface area contributed by atoms with Gasteiger partial charge in [-0.15, -0.1) is 0 Å². The van der Waals surface area contributed by atoms with Crippen LogP contribution in [0.2, 0.25) is 0 Å². The van der Waals surface area contributed by atoms with Gasteiger partial charge in [-0.3, -0.25) is 4.79 Å². The molecule has 17 heavy (non-hydrogen) atoms. The van der Waals surface area contributed by atoms with E-state index >= 15 is 0 Å². The van der Waals surface area contributed by atoms with Gasteiger partial charge in [0.05, 0.1) is 13.2 Å². The molecule has 0 aromatic heterocycles. The van der Waals surface area contributed by atoms with Crippen LogP contribution in [0.25, 0.3) is 6.08 Å². The number of benzene rings is 1. The largest absolute Gasteiger partial charge is 0.493 e. The summed E-state index contributed by atoms with van der Waals surface area (Å²) in [6.45, 7) is -0.205. The number of ether oxygens (including phenoxy) is 2. The van der Waals surface area contributed by atoms with Gasteiger partial charge in [-0.05, 0) is 23.8 Å². The fourth-order valence-electron chi connectivity index (χ4n) is 1.19. The molecule has 5 heteroatoms. The van der Waals surface area contributed by atoms with E-state index in [1.807, 2.05) is 6.07 Å². The zero-order valence-corrected chi connectivity index (χ0v) is 9.34. The number of amides is 1. The van der Waals surface area contributed by atoms with Gasteiger partial charge in [-0.1, -0.05) is 6.07 Å². The van der Waals surface area contributed by atoms with Crippen LogP contribution in [-0.4, -0.2) is 19.6 Å². The third kappa shape index (κ3) is 3.87. The molecule has 0 aliphatic heterocycles. The molecule has 0 saturated carbocycles. The van der Waals surface area contributed by atoms with Gasteiger partial charge in [0.1, 0.15) is 0 Å². The van der Waals surface area contributed by atoms with Gasteiger partial charge >= 0.3 is 0 Å². The van der Waals surface area contributed by atoms with Gasteiger partial charge in [0.15, 0.2) is 18.1 Å². The summed E-state index contributed by atoms with van der Waals surface area (Å²) in [5, 5.41) is 8.41. The molecule has 0 spiro atoms. The molecule has 88 valence electrons. The van der Waals surface area contributed by atoms with Crippen molar-refractivity contribution < 1.29 is 14.3 Å². The highest BCUT2D eigenvalue weighted by molar-refractivity contribution is 5.75. The predicted molar refractivity (Wildman–Crippen MR) is 62.3 cm³/mol. The summed E-state index contributed by atoms with van der Waals surface area (Å²) in [7, 11) is 1.49. The van der Waals surface area contributed by atoms with Crippen molar-refractivity contribution in [3.63, 3.8) is 0 Å². The van der Waals surface area contributed by atoms with Crippen LogP contribution in [0.15, 0.2) is 24.3 Å². The van der Waals surface area contributed by atoms with Crippen molar-refractivity contribution in [2.24, 2.45) is 5.73 Å². The Morgan fingerprint density at radius 2 is 2.29 bits per heavy atom. The third-order valence-electron chi connectivity index (χ3n) is 1.91. The summed E-state index contributed by atoms with van der Waals surface area (Å²) in [4.78, 5) is 10.6. The standard InChI is InChI=1S/C12H12N2O3/c1-16-11-7-9(3-2-6-13)4-5-10(11)17-8-12(14)15/h2-5,7H,8H2,1H3,(H2,14,15). The highest BCUT2D eigenvalue weighted by Gasteiger charge is 2.05. The number of rotatable bonds is 5. The average Bonchev–Trinajstić information content (AvgIpc) is 2.34. The van der Waals surface area contributed by atoms with Gasteiger partial charge in [0.2, 0.25) is 0 Å². The third-order valence-corrected chi connectivity index (χ3v) is 1.91. The van der Waals surface area contributed by atoms with Gasteiger partial charge in [-0.2, -0.15) is 5.26 Å². The van der Waals surface area contributed by atoms with E-state index in [4.69, 9.17) is 20.5 Å². The van der Waals surface area contributed by atoms with E-state index < -0.39 is 5.91 Å². The minimum absolute atomic E-state index is 0.205. The van der Waals surface area contributed by atoms with Gasteiger partial charge in [0.25, 0.3) is 5.91 Å². The SMILES string of the molecule is COc1cc(C=CC#N)ccc1OCC(N)=O. The predicted octanol–water partition coefficient (Wildman–Crippen LogP) is 1.10. The van der Waals surface area contributed by atoms with E-state index in [0.29, 0.717) is 11.5 Å². The summed E-state index contributed by atoms with van der Waals surface area (Å²) in [6.07, 6.45) is 3.00. The molecule has 0 heterocycles. The fraction of sp³-hybridized carbons (Fsp3) is 0.167. The number of methoxy groups -OCH3 is 1. The second-order valence-electron chi connectivity index (χ2n) is 3.13. The summed E-state index contributed by atoms with van der Waals surface area (Å²) in [6, 6.07) is 6.99. The van der Waals surface area contributed by atoms with Crippen molar-refractivity contribution in [1.82, 2.24) is 0 Å². The summed E-state index contributed by atoms with van der Waals surface area (Å²) in [5.74, 6) is 0.354. The van der Waals surface area contributed by atoms with Crippen molar-refractivity contribution in [1.29, 1.82) is 5.26 Å². The Bertz CT molecular complexity index is 475. The van der Waals surface area contributed by atoms with E-state index in [-0.39, 0.29) is 6.61 Å². The maximum atomic E-state index is 10.6. The molecule has 0 bridgehead atoms. The molecular weight excluding hydrogens is 220 g/mol. The Kier molecular flexibility index (Phi) is 4.58. The number of allylic oxidation sites excluding steroid dienone is 1. The number of hydrogen-bond acceptors (Lipinski definition) is 4. The molecule has 1 rings (SSSR count). The van der Waals surface area contributed by atoms with E-state index in [1.165, 1.54) is 13.2 Å². The van der Waals surface area contributed by atoms with Crippen LogP contribution in [-0.2, 0) is 4.79 Å². The van der Waals surface area contributed by atoms with Crippen LogP contribution >= 0.6 is 0 Å². The lowest BCUT2D eigenvalue weighted by molar-refractivity contribution is -0.119. The van der Waals surface area contributed by atoms with Gasteiger partial charge < -0.3 is 15.2 Å². The molecule has 0 radical (unpaired) electrons. The molecule has 0 fully saturated rings. The van der Waals surface area contributed by atoms with Gasteiger partial charge in [-0.25, -0.2) is 0 Å². The Balaban J connectivity index is 2.89. The molecule has 2 N–H and O–H groups in total. The number of nitriles is 1. The first-order valence-corrected chi connectivity index (χ1v) is 4.82. The molecule has 0 saturated heterocycles. The molecule has 1 aromatic rings. The maximum Gasteiger partial charge on any atom is 0.255 e. The minimum Gasteiger partial charge on any atom is -0.493 e. The van der Waals surface area contributed by atoms with Crippen LogP contribution < -0.4 is 15.2 Å². The Labute approximate surface area is 99.1 Å². The van der Waals surface area contributed by atoms with E-state index in [0.717, 1.165) is 5.56 Å². The lowest BCUT2D eigenvalue weighted by Crippen LogP contribution is -2.20. The number of carbonyl (C=O) groups excluding carboxylic acids is 1. The van der Waals surface area contributed by atoms with E-state index in [2.05, 4.69) is 0 Å². The summed E-state index contributed by atoms with van der Waals surface area (Å²) in [5.41, 5.74) is 5.78. The molecule has 0 unspecified atom stereocenters. The number of carbonyl (C=O) groups is 1. The Morgan fingerprint density at radius 1 is 1.53 bits per heavy atom. The molecule has 0 atom stereocenters. The first kappa shape index (κ1) is 12.6. The molecule has 1 amide bonds. The second-order valence-corrected chi connectivity index (χ2v) is 3.13. The smallest absolute Gasteiger partial charge is 0.255 e. The first-order valence-electron chi connectivity index (χ1n) is 4.82. The number of hydrogen-bond donors (Lipinski definition) is 1. The Morgan fingerprint density at radius 3 is 2.88 bits per heavy atom. The topological polar surface area (TPSA) is 85.3 Å². The van der Waals surface area contributed by atoms with Crippen molar-refractivity contribution in [2.75, 3.05) is 13.7 Å². The maximum absolute atomic E-state index is 10.6. The lowest BCUT2D eigenvalue weighted by atomic mass is 10.2. The molecule has 0 aliphatic carbocycles. The second kappa shape index (κ2) is 6.18. The van der Waals surface area contributed by atoms with Crippen molar-refractivity contribution >= 4 is 12.0 Å². The van der Waals surface area contributed by atoms with Crippen LogP contribution in [0, 0.1) is 11.3 Å². The van der Waals surface area contributed by atoms with Gasteiger partial charge in [0, 0.05) is 6.08 Å². The highest BCUT2D eigenvalue weighted by atomic mass is 16.5. The highest BCUT2D eigenvalue weighted by Crippen LogP contribution is 2.28. The van der Waals surface area contributed by atoms with Crippen LogP contribution in [0.3, 0.4) is 0 Å². The fourth-order valence-corrected chi connectivity index (χ4v) is 1.19. The molecule has 1 aromatic carbocycles.